The van der Waals surface area contributed by atoms with E-state index in [0.29, 0.717) is 0 Å². The monoisotopic (exact) mass is 363 g/mol. The number of halogens is 1. The number of thioether (sulfide) groups is 1. The molecule has 1 aromatic rings. The molecule has 0 heterocycles. The molecule has 7 heteroatoms. The van der Waals surface area contributed by atoms with Crippen LogP contribution in [0, 0.1) is 6.92 Å². The first-order chi connectivity index (χ1) is 9.46. The minimum absolute atomic E-state index is 0.143. The van der Waals surface area contributed by atoms with Crippen LogP contribution in [0.1, 0.15) is 5.56 Å². The van der Waals surface area contributed by atoms with Gasteiger partial charge in [-0.15, -0.1) is 11.8 Å². The quantitative estimate of drug-likeness (QED) is 0.535. The molecule has 0 unspecified atom stereocenters. The predicted octanol–water partition coefficient (Wildman–Crippen LogP) is 0.682. The van der Waals surface area contributed by atoms with Crippen molar-refractivity contribution in [2.45, 2.75) is 17.4 Å². The molecule has 4 N–H and O–H groups in total. The molecule has 112 valence electrons. The van der Waals surface area contributed by atoms with Crippen molar-refractivity contribution in [1.82, 2.24) is 5.32 Å². The molecule has 0 saturated carbocycles. The second kappa shape index (κ2) is 7.99. The Morgan fingerprint density at radius 2 is 1.90 bits per heavy atom. The number of amides is 1. The summed E-state index contributed by atoms with van der Waals surface area (Å²) >= 11 is 4.73. The van der Waals surface area contributed by atoms with Gasteiger partial charge in [0.1, 0.15) is 5.54 Å². The highest BCUT2D eigenvalue weighted by atomic mass is 79.9. The number of benzene rings is 1. The van der Waals surface area contributed by atoms with Gasteiger partial charge < -0.3 is 20.6 Å². The Hall–Kier alpha value is -0.600. The number of hydrogen-bond donors (Lipinski definition) is 4. The molecule has 1 rings (SSSR count). The van der Waals surface area contributed by atoms with Gasteiger partial charge in [-0.2, -0.15) is 0 Å². The maximum absolute atomic E-state index is 11.8. The van der Waals surface area contributed by atoms with Crippen LogP contribution in [0.2, 0.25) is 0 Å². The van der Waals surface area contributed by atoms with Crippen molar-refractivity contribution in [3.63, 3.8) is 0 Å². The fraction of sp³-hybridized carbons (Fsp3) is 0.462. The average molecular weight is 364 g/mol. The Kier molecular flexibility index (Phi) is 6.97. The molecule has 1 amide bonds. The normalized spacial score (nSPS) is 11.4. The number of nitrogens with one attached hydrogen (secondary N) is 1. The number of carbonyl (C=O) groups is 1. The topological polar surface area (TPSA) is 89.8 Å². The van der Waals surface area contributed by atoms with E-state index in [-0.39, 0.29) is 11.7 Å². The second-order valence-electron chi connectivity index (χ2n) is 4.50. The first-order valence-electron chi connectivity index (χ1n) is 5.99. The Balaban J connectivity index is 2.59. The lowest BCUT2D eigenvalue weighted by molar-refractivity contribution is -0.122. The molecule has 0 bridgehead atoms. The molecule has 20 heavy (non-hydrogen) atoms. The molecular weight excluding hydrogens is 346 g/mol. The molecule has 0 fully saturated rings. The molecule has 0 aliphatic heterocycles. The third kappa shape index (κ3) is 4.75. The lowest BCUT2D eigenvalue weighted by Gasteiger charge is -2.28. The fourth-order valence-corrected chi connectivity index (χ4v) is 2.80. The third-order valence-electron chi connectivity index (χ3n) is 2.81. The summed E-state index contributed by atoms with van der Waals surface area (Å²) < 4.78 is 0.976. The molecular formula is C13H18BrNO4S. The second-order valence-corrected chi connectivity index (χ2v) is 6.43. The van der Waals surface area contributed by atoms with Crippen molar-refractivity contribution in [3.05, 3.63) is 28.2 Å². The van der Waals surface area contributed by atoms with Crippen molar-refractivity contribution in [1.29, 1.82) is 0 Å². The molecule has 5 nitrogen and oxygen atoms in total. The van der Waals surface area contributed by atoms with Gasteiger partial charge in [-0.1, -0.05) is 15.9 Å². The van der Waals surface area contributed by atoms with Gasteiger partial charge in [0.05, 0.1) is 25.6 Å². The Labute approximate surface area is 130 Å². The van der Waals surface area contributed by atoms with E-state index in [1.165, 1.54) is 11.8 Å². The van der Waals surface area contributed by atoms with E-state index >= 15 is 0 Å². The summed E-state index contributed by atoms with van der Waals surface area (Å²) in [7, 11) is 0. The van der Waals surface area contributed by atoms with Gasteiger partial charge in [-0.25, -0.2) is 0 Å². The number of aryl methyl sites for hydroxylation is 1. The standard InChI is InChI=1S/C13H18BrNO4S/c1-9-4-10(14)2-3-11(9)20-5-12(19)15-13(6-16,7-17)8-18/h2-4,16-18H,5-8H2,1H3,(H,15,19). The van der Waals surface area contributed by atoms with Crippen LogP contribution in [0.25, 0.3) is 0 Å². The summed E-state index contributed by atoms with van der Waals surface area (Å²) in [5.74, 6) is -0.209. The molecule has 0 spiro atoms. The molecule has 0 aromatic heterocycles. The van der Waals surface area contributed by atoms with Crippen molar-refractivity contribution < 1.29 is 20.1 Å². The molecule has 1 aromatic carbocycles. The highest BCUT2D eigenvalue weighted by Crippen LogP contribution is 2.25. The van der Waals surface area contributed by atoms with Gasteiger partial charge in [0, 0.05) is 9.37 Å². The molecule has 0 aliphatic carbocycles. The van der Waals surface area contributed by atoms with E-state index in [2.05, 4.69) is 21.2 Å². The zero-order valence-corrected chi connectivity index (χ0v) is 13.5. The maximum atomic E-state index is 11.8. The first kappa shape index (κ1) is 17.5. The summed E-state index contributed by atoms with van der Waals surface area (Å²) in [6, 6.07) is 5.77. The first-order valence-corrected chi connectivity index (χ1v) is 7.77. The number of aliphatic hydroxyl groups is 3. The Morgan fingerprint density at radius 3 is 2.40 bits per heavy atom. The largest absolute Gasteiger partial charge is 0.394 e. The maximum Gasteiger partial charge on any atom is 0.231 e. The fourth-order valence-electron chi connectivity index (χ4n) is 1.52. The van der Waals surface area contributed by atoms with Crippen LogP contribution in [0.3, 0.4) is 0 Å². The van der Waals surface area contributed by atoms with Gasteiger partial charge in [-0.3, -0.25) is 4.79 Å². The smallest absolute Gasteiger partial charge is 0.231 e. The number of aliphatic hydroxyl groups excluding tert-OH is 3. The van der Waals surface area contributed by atoms with Gasteiger partial charge >= 0.3 is 0 Å². The number of rotatable bonds is 7. The summed E-state index contributed by atoms with van der Waals surface area (Å²) in [5.41, 5.74) is -0.318. The van der Waals surface area contributed by atoms with Gasteiger partial charge in [0.15, 0.2) is 0 Å². The SMILES string of the molecule is Cc1cc(Br)ccc1SCC(=O)NC(CO)(CO)CO. The van der Waals surface area contributed by atoms with Crippen LogP contribution in [0.5, 0.6) is 0 Å². The summed E-state index contributed by atoms with van der Waals surface area (Å²) in [4.78, 5) is 12.8. The van der Waals surface area contributed by atoms with Gasteiger partial charge in [0.25, 0.3) is 0 Å². The van der Waals surface area contributed by atoms with Crippen LogP contribution in [0.4, 0.5) is 0 Å². The van der Waals surface area contributed by atoms with Crippen molar-refractivity contribution >= 4 is 33.6 Å². The summed E-state index contributed by atoms with van der Waals surface area (Å²) in [6.45, 7) is 0.389. The van der Waals surface area contributed by atoms with Crippen molar-refractivity contribution in [2.75, 3.05) is 25.6 Å². The number of carbonyl (C=O) groups excluding carboxylic acids is 1. The van der Waals surface area contributed by atoms with Gasteiger partial charge in [0.2, 0.25) is 5.91 Å². The van der Waals surface area contributed by atoms with E-state index in [0.717, 1.165) is 14.9 Å². The van der Waals surface area contributed by atoms with Crippen LogP contribution >= 0.6 is 27.7 Å². The Morgan fingerprint density at radius 1 is 1.30 bits per heavy atom. The zero-order valence-electron chi connectivity index (χ0n) is 11.1. The molecule has 0 saturated heterocycles. The highest BCUT2D eigenvalue weighted by Gasteiger charge is 2.29. The van der Waals surface area contributed by atoms with E-state index in [9.17, 15) is 4.79 Å². The van der Waals surface area contributed by atoms with E-state index in [1.54, 1.807) is 0 Å². The molecule has 0 aliphatic rings. The van der Waals surface area contributed by atoms with E-state index < -0.39 is 25.4 Å². The Bertz CT molecular complexity index is 457. The van der Waals surface area contributed by atoms with Gasteiger partial charge in [-0.05, 0) is 30.7 Å². The van der Waals surface area contributed by atoms with E-state index in [1.807, 2.05) is 25.1 Å². The van der Waals surface area contributed by atoms with Crippen LogP contribution < -0.4 is 5.32 Å². The highest BCUT2D eigenvalue weighted by molar-refractivity contribution is 9.10. The van der Waals surface area contributed by atoms with Crippen molar-refractivity contribution in [2.24, 2.45) is 0 Å². The van der Waals surface area contributed by atoms with Crippen LogP contribution in [0.15, 0.2) is 27.6 Å². The van der Waals surface area contributed by atoms with E-state index in [4.69, 9.17) is 15.3 Å². The lowest BCUT2D eigenvalue weighted by Crippen LogP contribution is -2.57. The molecule has 0 radical (unpaired) electrons. The summed E-state index contributed by atoms with van der Waals surface area (Å²) in [6.07, 6.45) is 0. The lowest BCUT2D eigenvalue weighted by atomic mass is 10.0. The number of hydrogen-bond acceptors (Lipinski definition) is 5. The minimum atomic E-state index is -1.37. The summed E-state index contributed by atoms with van der Waals surface area (Å²) in [5, 5.41) is 29.9. The van der Waals surface area contributed by atoms with Crippen molar-refractivity contribution in [3.8, 4) is 0 Å². The van der Waals surface area contributed by atoms with Crippen LogP contribution in [-0.4, -0.2) is 52.3 Å². The molecule has 0 atom stereocenters. The van der Waals surface area contributed by atoms with Crippen LogP contribution in [-0.2, 0) is 4.79 Å². The predicted molar refractivity (Wildman–Crippen MR) is 81.7 cm³/mol. The third-order valence-corrected chi connectivity index (χ3v) is 4.48. The average Bonchev–Trinajstić information content (AvgIpc) is 2.44. The minimum Gasteiger partial charge on any atom is -0.394 e. The zero-order chi connectivity index (χ0) is 15.2.